The summed E-state index contributed by atoms with van der Waals surface area (Å²) in [4.78, 5) is 14.5. The molecule has 4 heteroatoms. The molecule has 0 saturated carbocycles. The van der Waals surface area contributed by atoms with Crippen LogP contribution in [-0.2, 0) is 0 Å². The SMILES string of the molecule is Cc1cc(-c2ccc(C#C[Si](C)(C)C)cc2)c(C#N)c(=O)[nH]1. The number of rotatable bonds is 1. The Bertz CT molecular complexity index is 854. The number of nitrogens with zero attached hydrogens (tertiary/aromatic N) is 1. The maximum Gasteiger partial charge on any atom is 0.266 e. The average molecular weight is 306 g/mol. The number of H-pyrrole nitrogens is 1. The summed E-state index contributed by atoms with van der Waals surface area (Å²) in [5, 5.41) is 9.19. The Morgan fingerprint density at radius 3 is 2.32 bits per heavy atom. The second kappa shape index (κ2) is 6.05. The summed E-state index contributed by atoms with van der Waals surface area (Å²) < 4.78 is 0. The molecule has 0 amide bonds. The van der Waals surface area contributed by atoms with Crippen molar-refractivity contribution in [3.8, 4) is 28.7 Å². The first-order chi connectivity index (χ1) is 10.3. The second-order valence-corrected chi connectivity index (χ2v) is 11.0. The van der Waals surface area contributed by atoms with E-state index in [2.05, 4.69) is 36.1 Å². The fourth-order valence-electron chi connectivity index (χ4n) is 2.02. The minimum Gasteiger partial charge on any atom is -0.325 e. The zero-order valence-corrected chi connectivity index (χ0v) is 14.2. The molecule has 0 aliphatic carbocycles. The van der Waals surface area contributed by atoms with Gasteiger partial charge in [-0.15, -0.1) is 5.54 Å². The number of hydrogen-bond donors (Lipinski definition) is 1. The lowest BCUT2D eigenvalue weighted by Crippen LogP contribution is -2.16. The highest BCUT2D eigenvalue weighted by Gasteiger charge is 2.10. The molecule has 0 unspecified atom stereocenters. The van der Waals surface area contributed by atoms with E-state index in [0.717, 1.165) is 16.8 Å². The number of hydrogen-bond acceptors (Lipinski definition) is 2. The highest BCUT2D eigenvalue weighted by molar-refractivity contribution is 6.83. The molecule has 0 bridgehead atoms. The van der Waals surface area contributed by atoms with Gasteiger partial charge in [-0.1, -0.05) is 37.7 Å². The number of pyridine rings is 1. The molecule has 0 aliphatic rings. The molecule has 2 aromatic rings. The molecular weight excluding hydrogens is 288 g/mol. The first-order valence-electron chi connectivity index (χ1n) is 7.08. The van der Waals surface area contributed by atoms with E-state index in [0.29, 0.717) is 5.56 Å². The van der Waals surface area contributed by atoms with Crippen molar-refractivity contribution in [3.63, 3.8) is 0 Å². The zero-order valence-electron chi connectivity index (χ0n) is 13.2. The van der Waals surface area contributed by atoms with Crippen LogP contribution >= 0.6 is 0 Å². The van der Waals surface area contributed by atoms with Gasteiger partial charge in [-0.05, 0) is 30.7 Å². The fraction of sp³-hybridized carbons (Fsp3) is 0.222. The molecule has 0 radical (unpaired) electrons. The van der Waals surface area contributed by atoms with Gasteiger partial charge < -0.3 is 4.98 Å². The molecule has 0 aliphatic heterocycles. The van der Waals surface area contributed by atoms with Crippen molar-refractivity contribution < 1.29 is 0 Å². The van der Waals surface area contributed by atoms with Crippen molar-refractivity contribution in [3.05, 3.63) is 57.5 Å². The van der Waals surface area contributed by atoms with Crippen LogP contribution in [0.3, 0.4) is 0 Å². The predicted octanol–water partition coefficient (Wildman–Crippen LogP) is 3.45. The van der Waals surface area contributed by atoms with Crippen LogP contribution in [0.15, 0.2) is 35.1 Å². The fourth-order valence-corrected chi connectivity index (χ4v) is 2.54. The van der Waals surface area contributed by atoms with Crippen LogP contribution in [0.1, 0.15) is 16.8 Å². The van der Waals surface area contributed by atoms with Crippen LogP contribution in [0.25, 0.3) is 11.1 Å². The summed E-state index contributed by atoms with van der Waals surface area (Å²) in [6.45, 7) is 8.41. The predicted molar refractivity (Wildman–Crippen MR) is 92.2 cm³/mol. The van der Waals surface area contributed by atoms with Crippen molar-refractivity contribution in [2.45, 2.75) is 26.6 Å². The van der Waals surface area contributed by atoms with E-state index in [-0.39, 0.29) is 11.1 Å². The van der Waals surface area contributed by atoms with Gasteiger partial charge in [-0.3, -0.25) is 4.79 Å². The quantitative estimate of drug-likeness (QED) is 0.648. The summed E-state index contributed by atoms with van der Waals surface area (Å²) in [7, 11) is -1.40. The van der Waals surface area contributed by atoms with Gasteiger partial charge in [-0.25, -0.2) is 0 Å². The third-order valence-corrected chi connectivity index (χ3v) is 3.93. The maximum absolute atomic E-state index is 11.8. The van der Waals surface area contributed by atoms with E-state index < -0.39 is 8.07 Å². The van der Waals surface area contributed by atoms with Crippen LogP contribution in [0.4, 0.5) is 0 Å². The molecule has 0 spiro atoms. The van der Waals surface area contributed by atoms with Crippen LogP contribution in [0.2, 0.25) is 19.6 Å². The first kappa shape index (κ1) is 15.8. The van der Waals surface area contributed by atoms with Crippen LogP contribution in [0, 0.1) is 29.7 Å². The Morgan fingerprint density at radius 2 is 1.77 bits per heavy atom. The highest BCUT2D eigenvalue weighted by atomic mass is 28.3. The average Bonchev–Trinajstić information content (AvgIpc) is 2.44. The largest absolute Gasteiger partial charge is 0.325 e. The van der Waals surface area contributed by atoms with Gasteiger partial charge in [0.15, 0.2) is 0 Å². The number of aryl methyl sites for hydroxylation is 1. The molecular formula is C18H18N2OSi. The third kappa shape index (κ3) is 3.75. The lowest BCUT2D eigenvalue weighted by atomic mass is 10.00. The molecule has 0 fully saturated rings. The Kier molecular flexibility index (Phi) is 4.35. The Balaban J connectivity index is 2.46. The summed E-state index contributed by atoms with van der Waals surface area (Å²) in [5.74, 6) is 3.19. The van der Waals surface area contributed by atoms with Gasteiger partial charge >= 0.3 is 0 Å². The van der Waals surface area contributed by atoms with Crippen molar-refractivity contribution in [2.24, 2.45) is 0 Å². The topological polar surface area (TPSA) is 56.6 Å². The molecule has 3 nitrogen and oxygen atoms in total. The molecule has 110 valence electrons. The second-order valence-electron chi connectivity index (χ2n) is 6.26. The monoisotopic (exact) mass is 306 g/mol. The standard InChI is InChI=1S/C18H18N2OSi/c1-13-11-16(17(12-19)18(21)20-13)15-7-5-14(6-8-15)9-10-22(2,3)4/h5-8,11H,1-4H3,(H,20,21). The van der Waals surface area contributed by atoms with Crippen LogP contribution < -0.4 is 5.56 Å². The molecule has 2 rings (SSSR count). The van der Waals surface area contributed by atoms with Crippen molar-refractivity contribution >= 4 is 8.07 Å². The molecule has 0 atom stereocenters. The maximum atomic E-state index is 11.8. The van der Waals surface area contributed by atoms with Gasteiger partial charge in [0.25, 0.3) is 5.56 Å². The van der Waals surface area contributed by atoms with Gasteiger partial charge in [0.1, 0.15) is 19.7 Å². The van der Waals surface area contributed by atoms with Crippen LogP contribution in [0.5, 0.6) is 0 Å². The van der Waals surface area contributed by atoms with E-state index in [9.17, 15) is 10.1 Å². The molecule has 0 saturated heterocycles. The number of nitrogens with one attached hydrogen (secondary N) is 1. The van der Waals surface area contributed by atoms with Gasteiger partial charge in [0.2, 0.25) is 0 Å². The minimum atomic E-state index is -1.40. The van der Waals surface area contributed by atoms with E-state index >= 15 is 0 Å². The van der Waals surface area contributed by atoms with E-state index in [4.69, 9.17) is 0 Å². The normalized spacial score (nSPS) is 10.5. The van der Waals surface area contributed by atoms with E-state index in [1.807, 2.05) is 36.4 Å². The van der Waals surface area contributed by atoms with Crippen LogP contribution in [-0.4, -0.2) is 13.1 Å². The Labute approximate surface area is 131 Å². The molecule has 1 heterocycles. The summed E-state index contributed by atoms with van der Waals surface area (Å²) in [6.07, 6.45) is 0. The molecule has 1 aromatic heterocycles. The molecule has 1 N–H and O–H groups in total. The summed E-state index contributed by atoms with van der Waals surface area (Å²) in [5.41, 5.74) is 6.32. The number of benzene rings is 1. The van der Waals surface area contributed by atoms with Crippen molar-refractivity contribution in [1.82, 2.24) is 4.98 Å². The number of aromatic amines is 1. The van der Waals surface area contributed by atoms with Gasteiger partial charge in [0, 0.05) is 16.8 Å². The van der Waals surface area contributed by atoms with Crippen molar-refractivity contribution in [2.75, 3.05) is 0 Å². The third-order valence-electron chi connectivity index (χ3n) is 3.06. The Hall–Kier alpha value is -2.56. The summed E-state index contributed by atoms with van der Waals surface area (Å²) >= 11 is 0. The smallest absolute Gasteiger partial charge is 0.266 e. The van der Waals surface area contributed by atoms with Crippen molar-refractivity contribution in [1.29, 1.82) is 5.26 Å². The van der Waals surface area contributed by atoms with E-state index in [1.165, 1.54) is 0 Å². The van der Waals surface area contributed by atoms with Gasteiger partial charge in [0.05, 0.1) is 0 Å². The summed E-state index contributed by atoms with van der Waals surface area (Å²) in [6, 6.07) is 11.5. The van der Waals surface area contributed by atoms with Gasteiger partial charge in [-0.2, -0.15) is 5.26 Å². The lowest BCUT2D eigenvalue weighted by molar-refractivity contribution is 1.13. The highest BCUT2D eigenvalue weighted by Crippen LogP contribution is 2.22. The Morgan fingerprint density at radius 1 is 1.14 bits per heavy atom. The minimum absolute atomic E-state index is 0.145. The molecule has 1 aromatic carbocycles. The van der Waals surface area contributed by atoms with E-state index in [1.54, 1.807) is 6.92 Å². The lowest BCUT2D eigenvalue weighted by Gasteiger charge is -2.06. The molecule has 22 heavy (non-hydrogen) atoms. The first-order valence-corrected chi connectivity index (χ1v) is 10.6. The zero-order chi connectivity index (χ0) is 16.3. The number of aromatic nitrogens is 1. The number of nitriles is 1.